The molecule has 1 atom stereocenters. The monoisotopic (exact) mass is 480 g/mol. The highest BCUT2D eigenvalue weighted by molar-refractivity contribution is 8.00. The third kappa shape index (κ3) is 5.69. The van der Waals surface area contributed by atoms with Crippen LogP contribution in [0.25, 0.3) is 0 Å². The van der Waals surface area contributed by atoms with Gasteiger partial charge in [0, 0.05) is 24.7 Å². The summed E-state index contributed by atoms with van der Waals surface area (Å²) >= 11 is 6.55. The predicted octanol–water partition coefficient (Wildman–Crippen LogP) is 5.04. The Morgan fingerprint density at radius 3 is 2.37 bits per heavy atom. The van der Waals surface area contributed by atoms with Crippen molar-refractivity contribution in [3.8, 4) is 0 Å². The molecule has 5 nitrogen and oxygen atoms in total. The van der Waals surface area contributed by atoms with Crippen LogP contribution < -0.4 is 5.32 Å². The van der Waals surface area contributed by atoms with Gasteiger partial charge in [-0.15, -0.1) is 11.8 Å². The molecule has 0 heterocycles. The Kier molecular flexibility index (Phi) is 7.49. The highest BCUT2D eigenvalue weighted by Crippen LogP contribution is 2.38. The van der Waals surface area contributed by atoms with Crippen molar-refractivity contribution in [3.63, 3.8) is 0 Å². The van der Waals surface area contributed by atoms with E-state index in [4.69, 9.17) is 11.6 Å². The molecule has 0 aliphatic carbocycles. The molecule has 164 valence electrons. The van der Waals surface area contributed by atoms with Crippen LogP contribution in [0.2, 0.25) is 5.02 Å². The van der Waals surface area contributed by atoms with Crippen LogP contribution in [0.15, 0.2) is 46.2 Å². The van der Waals surface area contributed by atoms with E-state index in [9.17, 15) is 26.4 Å². The Labute approximate surface area is 182 Å². The summed E-state index contributed by atoms with van der Waals surface area (Å²) in [7, 11) is -0.893. The van der Waals surface area contributed by atoms with Crippen LogP contribution in [0.5, 0.6) is 0 Å². The number of hydrogen-bond acceptors (Lipinski definition) is 4. The minimum atomic E-state index is -4.60. The van der Waals surface area contributed by atoms with Gasteiger partial charge < -0.3 is 5.32 Å². The fourth-order valence-electron chi connectivity index (χ4n) is 2.39. The molecular weight excluding hydrogens is 461 g/mol. The number of carbonyl (C=O) groups excluding carboxylic acids is 1. The molecule has 0 spiro atoms. The molecule has 2 rings (SSSR count). The Bertz CT molecular complexity index is 1060. The van der Waals surface area contributed by atoms with E-state index in [-0.39, 0.29) is 9.79 Å². The highest BCUT2D eigenvalue weighted by atomic mass is 35.5. The van der Waals surface area contributed by atoms with Gasteiger partial charge in [0.15, 0.2) is 0 Å². The standard InChI is InChI=1S/C19H20ClF3N2O3S2/c1-11-5-7-14(30(27,28)25(3)4)10-17(11)24-18(26)12(2)29-13-6-8-16(20)15(9-13)19(21,22)23/h5-10,12H,1-4H3,(H,24,26). The van der Waals surface area contributed by atoms with Crippen molar-refractivity contribution in [1.29, 1.82) is 0 Å². The second-order valence-corrected chi connectivity index (χ2v) is 10.6. The van der Waals surface area contributed by atoms with Crippen molar-refractivity contribution < 1.29 is 26.4 Å². The first kappa shape index (κ1) is 24.5. The lowest BCUT2D eigenvalue weighted by Crippen LogP contribution is -2.24. The predicted molar refractivity (Wildman–Crippen MR) is 112 cm³/mol. The summed E-state index contributed by atoms with van der Waals surface area (Å²) in [5, 5.41) is 1.48. The summed E-state index contributed by atoms with van der Waals surface area (Å²) < 4.78 is 64.7. The second-order valence-electron chi connectivity index (χ2n) is 6.65. The maximum Gasteiger partial charge on any atom is 0.417 e. The van der Waals surface area contributed by atoms with Crippen LogP contribution in [0.3, 0.4) is 0 Å². The van der Waals surface area contributed by atoms with Crippen LogP contribution in [0.1, 0.15) is 18.1 Å². The Hall–Kier alpha value is -1.75. The summed E-state index contributed by atoms with van der Waals surface area (Å²) in [4.78, 5) is 12.8. The number of hydrogen-bond donors (Lipinski definition) is 1. The lowest BCUT2D eigenvalue weighted by atomic mass is 10.2. The van der Waals surface area contributed by atoms with E-state index >= 15 is 0 Å². The normalized spacial score (nSPS) is 13.4. The minimum Gasteiger partial charge on any atom is -0.325 e. The quantitative estimate of drug-likeness (QED) is 0.588. The fourth-order valence-corrected chi connectivity index (χ4v) is 4.45. The third-order valence-corrected chi connectivity index (χ3v) is 7.41. The molecule has 0 fully saturated rings. The smallest absolute Gasteiger partial charge is 0.325 e. The van der Waals surface area contributed by atoms with Gasteiger partial charge in [0.2, 0.25) is 15.9 Å². The third-order valence-electron chi connectivity index (χ3n) is 4.17. The number of alkyl halides is 3. The summed E-state index contributed by atoms with van der Waals surface area (Å²) in [5.41, 5.74) is -0.0224. The van der Waals surface area contributed by atoms with E-state index in [1.165, 1.54) is 39.2 Å². The Morgan fingerprint density at radius 2 is 1.80 bits per heavy atom. The maximum absolute atomic E-state index is 13.0. The molecule has 0 aliphatic heterocycles. The number of benzene rings is 2. The van der Waals surface area contributed by atoms with Crippen molar-refractivity contribution in [2.75, 3.05) is 19.4 Å². The van der Waals surface area contributed by atoms with Crippen molar-refractivity contribution >= 4 is 45.0 Å². The van der Waals surface area contributed by atoms with Gasteiger partial charge in [-0.1, -0.05) is 17.7 Å². The molecule has 0 saturated carbocycles. The molecule has 1 N–H and O–H groups in total. The van der Waals surface area contributed by atoms with E-state index in [0.717, 1.165) is 28.2 Å². The zero-order valence-electron chi connectivity index (χ0n) is 16.5. The molecule has 1 unspecified atom stereocenters. The number of rotatable bonds is 6. The lowest BCUT2D eigenvalue weighted by molar-refractivity contribution is -0.137. The Morgan fingerprint density at radius 1 is 1.17 bits per heavy atom. The number of sulfonamides is 1. The molecule has 0 aliphatic rings. The molecule has 1 amide bonds. The molecule has 30 heavy (non-hydrogen) atoms. The summed E-state index contributed by atoms with van der Waals surface area (Å²) in [6.07, 6.45) is -4.60. The molecular formula is C19H20ClF3N2O3S2. The minimum absolute atomic E-state index is 0.0150. The molecule has 11 heteroatoms. The molecule has 2 aromatic carbocycles. The number of aryl methyl sites for hydroxylation is 1. The van der Waals surface area contributed by atoms with Crippen molar-refractivity contribution in [2.45, 2.75) is 35.1 Å². The number of anilines is 1. The van der Waals surface area contributed by atoms with Crippen LogP contribution in [0, 0.1) is 6.92 Å². The van der Waals surface area contributed by atoms with Gasteiger partial charge in [-0.3, -0.25) is 4.79 Å². The molecule has 0 radical (unpaired) electrons. The Balaban J connectivity index is 2.21. The summed E-state index contributed by atoms with van der Waals surface area (Å²) in [6, 6.07) is 7.79. The van der Waals surface area contributed by atoms with Crippen LogP contribution in [-0.4, -0.2) is 38.0 Å². The number of amides is 1. The topological polar surface area (TPSA) is 66.5 Å². The van der Waals surface area contributed by atoms with Gasteiger partial charge in [-0.2, -0.15) is 13.2 Å². The zero-order valence-corrected chi connectivity index (χ0v) is 18.9. The molecule has 0 bridgehead atoms. The van der Waals surface area contributed by atoms with Gasteiger partial charge in [-0.05, 0) is 49.7 Å². The number of thioether (sulfide) groups is 1. The largest absolute Gasteiger partial charge is 0.417 e. The number of nitrogens with zero attached hydrogens (tertiary/aromatic N) is 1. The summed E-state index contributed by atoms with van der Waals surface area (Å²) in [6.45, 7) is 3.24. The second kappa shape index (κ2) is 9.17. The van der Waals surface area contributed by atoms with Crippen molar-refractivity contribution in [3.05, 3.63) is 52.5 Å². The number of halogens is 4. The van der Waals surface area contributed by atoms with E-state index in [1.807, 2.05) is 0 Å². The van der Waals surface area contributed by atoms with Crippen molar-refractivity contribution in [2.24, 2.45) is 0 Å². The van der Waals surface area contributed by atoms with Crippen LogP contribution >= 0.6 is 23.4 Å². The SMILES string of the molecule is Cc1ccc(S(=O)(=O)N(C)C)cc1NC(=O)C(C)Sc1ccc(Cl)c(C(F)(F)F)c1. The van der Waals surface area contributed by atoms with Gasteiger partial charge >= 0.3 is 6.18 Å². The van der Waals surface area contributed by atoms with E-state index in [0.29, 0.717) is 11.3 Å². The molecule has 0 saturated heterocycles. The first-order chi connectivity index (χ1) is 13.7. The number of nitrogens with one attached hydrogen (secondary N) is 1. The van der Waals surface area contributed by atoms with E-state index in [2.05, 4.69) is 5.32 Å². The average Bonchev–Trinajstić information content (AvgIpc) is 2.63. The molecule has 0 aromatic heterocycles. The fraction of sp³-hybridized carbons (Fsp3) is 0.316. The number of carbonyl (C=O) groups is 1. The highest BCUT2D eigenvalue weighted by Gasteiger charge is 2.33. The first-order valence-corrected chi connectivity index (χ1v) is 11.3. The van der Waals surface area contributed by atoms with Crippen molar-refractivity contribution in [1.82, 2.24) is 4.31 Å². The maximum atomic E-state index is 13.0. The average molecular weight is 481 g/mol. The van der Waals surface area contributed by atoms with Gasteiger partial charge in [-0.25, -0.2) is 12.7 Å². The van der Waals surface area contributed by atoms with E-state index < -0.39 is 37.9 Å². The first-order valence-electron chi connectivity index (χ1n) is 8.61. The van der Waals surface area contributed by atoms with Crippen LogP contribution in [0.4, 0.5) is 18.9 Å². The molecule has 2 aromatic rings. The lowest BCUT2D eigenvalue weighted by Gasteiger charge is -2.17. The summed E-state index contributed by atoms with van der Waals surface area (Å²) in [5.74, 6) is -0.481. The van der Waals surface area contributed by atoms with Crippen LogP contribution in [-0.2, 0) is 21.0 Å². The van der Waals surface area contributed by atoms with Gasteiger partial charge in [0.05, 0.1) is 20.7 Å². The van der Waals surface area contributed by atoms with Gasteiger partial charge in [0.25, 0.3) is 0 Å². The van der Waals surface area contributed by atoms with Gasteiger partial charge in [0.1, 0.15) is 0 Å². The zero-order chi connectivity index (χ0) is 22.9. The van der Waals surface area contributed by atoms with E-state index in [1.54, 1.807) is 13.0 Å².